The van der Waals surface area contributed by atoms with Gasteiger partial charge in [0.05, 0.1) is 13.7 Å². The predicted molar refractivity (Wildman–Crippen MR) is 128 cm³/mol. The Morgan fingerprint density at radius 3 is 2.31 bits per heavy atom. The number of esters is 1. The first-order chi connectivity index (χ1) is 16.3. The predicted octanol–water partition coefficient (Wildman–Crippen LogP) is 1.76. The fourth-order valence-corrected chi connectivity index (χ4v) is 3.87. The average molecular weight is 492 g/mol. The van der Waals surface area contributed by atoms with Crippen LogP contribution >= 0.6 is 0 Å². The Morgan fingerprint density at radius 2 is 1.83 bits per heavy atom. The zero-order valence-corrected chi connectivity index (χ0v) is 21.5. The van der Waals surface area contributed by atoms with E-state index in [1.807, 2.05) is 32.9 Å². The number of carbonyl (C=O) groups excluding carboxylic acids is 4. The van der Waals surface area contributed by atoms with Crippen molar-refractivity contribution in [2.24, 2.45) is 5.92 Å². The lowest BCUT2D eigenvalue weighted by Crippen LogP contribution is -2.55. The van der Waals surface area contributed by atoms with Gasteiger partial charge in [-0.25, -0.2) is 4.79 Å². The molecule has 3 amide bonds. The van der Waals surface area contributed by atoms with Crippen molar-refractivity contribution in [1.82, 2.24) is 15.5 Å². The Bertz CT molecular complexity index is 957. The van der Waals surface area contributed by atoms with Crippen molar-refractivity contribution in [3.05, 3.63) is 34.9 Å². The number of aliphatic hydroxyl groups is 1. The smallest absolute Gasteiger partial charge is 0.408 e. The van der Waals surface area contributed by atoms with E-state index in [1.165, 1.54) is 12.0 Å². The van der Waals surface area contributed by atoms with Crippen molar-refractivity contribution < 1.29 is 33.8 Å². The van der Waals surface area contributed by atoms with Gasteiger partial charge in [0, 0.05) is 6.04 Å². The summed E-state index contributed by atoms with van der Waals surface area (Å²) >= 11 is 0. The average Bonchev–Trinajstić information content (AvgIpc) is 3.48. The third kappa shape index (κ3) is 7.68. The van der Waals surface area contributed by atoms with E-state index in [0.717, 1.165) is 11.1 Å². The summed E-state index contributed by atoms with van der Waals surface area (Å²) in [6.07, 6.45) is -0.200. The molecule has 1 aliphatic rings. The SMILES string of the molecule is COC(=O)CNC(=O)C(c1ccc(C)cc1C)N(C(=O)C(CO)NC(=O)OC(C)(C)C)C1CC1C. The van der Waals surface area contributed by atoms with Gasteiger partial charge in [-0.1, -0.05) is 30.7 Å². The quantitative estimate of drug-likeness (QED) is 0.448. The molecule has 1 aliphatic carbocycles. The van der Waals surface area contributed by atoms with Gasteiger partial charge in [-0.15, -0.1) is 0 Å². The number of methoxy groups -OCH3 is 1. The molecule has 0 aliphatic heterocycles. The summed E-state index contributed by atoms with van der Waals surface area (Å²) < 4.78 is 9.86. The molecule has 3 N–H and O–H groups in total. The summed E-state index contributed by atoms with van der Waals surface area (Å²) in [7, 11) is 1.21. The van der Waals surface area contributed by atoms with Gasteiger partial charge >= 0.3 is 12.1 Å². The molecule has 0 aromatic heterocycles. The second kappa shape index (κ2) is 11.5. The first-order valence-electron chi connectivity index (χ1n) is 11.6. The van der Waals surface area contributed by atoms with Crippen LogP contribution in [0.2, 0.25) is 0 Å². The minimum absolute atomic E-state index is 0.112. The third-order valence-electron chi connectivity index (χ3n) is 5.73. The van der Waals surface area contributed by atoms with Gasteiger partial charge in [-0.3, -0.25) is 14.4 Å². The van der Waals surface area contributed by atoms with Gasteiger partial charge in [0.25, 0.3) is 0 Å². The molecular weight excluding hydrogens is 454 g/mol. The van der Waals surface area contributed by atoms with Crippen LogP contribution in [0.15, 0.2) is 18.2 Å². The van der Waals surface area contributed by atoms with Crippen LogP contribution in [0.25, 0.3) is 0 Å². The number of aliphatic hydroxyl groups excluding tert-OH is 1. The maximum absolute atomic E-state index is 13.7. The number of amides is 3. The lowest BCUT2D eigenvalue weighted by Gasteiger charge is -2.35. The molecule has 0 heterocycles. The normalized spacial score (nSPS) is 18.6. The summed E-state index contributed by atoms with van der Waals surface area (Å²) in [5, 5.41) is 14.9. The van der Waals surface area contributed by atoms with E-state index in [4.69, 9.17) is 4.74 Å². The van der Waals surface area contributed by atoms with Crippen molar-refractivity contribution >= 4 is 23.9 Å². The highest BCUT2D eigenvalue weighted by Gasteiger charge is 2.48. The Kier molecular flexibility index (Phi) is 9.25. The molecule has 10 heteroatoms. The van der Waals surface area contributed by atoms with Gasteiger partial charge in [0.2, 0.25) is 11.8 Å². The van der Waals surface area contributed by atoms with Crippen LogP contribution in [0.4, 0.5) is 4.79 Å². The van der Waals surface area contributed by atoms with E-state index in [-0.39, 0.29) is 18.5 Å². The number of alkyl carbamates (subject to hydrolysis) is 1. The van der Waals surface area contributed by atoms with Gasteiger partial charge in [-0.2, -0.15) is 0 Å². The fraction of sp³-hybridized carbons (Fsp3) is 0.600. The van der Waals surface area contributed by atoms with E-state index >= 15 is 0 Å². The third-order valence-corrected chi connectivity index (χ3v) is 5.73. The van der Waals surface area contributed by atoms with Gasteiger partial charge in [-0.05, 0) is 58.1 Å². The number of carbonyl (C=O) groups is 4. The van der Waals surface area contributed by atoms with E-state index < -0.39 is 48.2 Å². The lowest BCUT2D eigenvalue weighted by atomic mass is 9.96. The number of hydrogen-bond donors (Lipinski definition) is 3. The van der Waals surface area contributed by atoms with E-state index in [0.29, 0.717) is 12.0 Å². The van der Waals surface area contributed by atoms with E-state index in [1.54, 1.807) is 26.8 Å². The Balaban J connectivity index is 2.46. The number of aryl methyl sites for hydroxylation is 2. The number of ether oxygens (including phenoxy) is 2. The monoisotopic (exact) mass is 491 g/mol. The minimum Gasteiger partial charge on any atom is -0.468 e. The largest absolute Gasteiger partial charge is 0.468 e. The molecule has 0 bridgehead atoms. The van der Waals surface area contributed by atoms with Gasteiger partial charge in [0.1, 0.15) is 24.2 Å². The highest BCUT2D eigenvalue weighted by molar-refractivity contribution is 5.94. The van der Waals surface area contributed by atoms with Crippen molar-refractivity contribution in [3.8, 4) is 0 Å². The standard InChI is InChI=1S/C25H37N3O7/c1-14-8-9-17(15(2)10-14)21(22(31)26-12-20(30)34-7)28(19-11-16(19)3)23(32)18(13-29)27-24(33)35-25(4,5)6/h8-10,16,18-19,21,29H,11-13H2,1-7H3,(H,26,31)(H,27,33). The van der Waals surface area contributed by atoms with Crippen LogP contribution in [0.1, 0.15) is 56.8 Å². The molecule has 1 aromatic carbocycles. The Labute approximate surface area is 206 Å². The second-order valence-corrected chi connectivity index (χ2v) is 9.96. The lowest BCUT2D eigenvalue weighted by molar-refractivity contribution is -0.145. The number of rotatable bonds is 9. The number of hydrogen-bond acceptors (Lipinski definition) is 7. The number of benzene rings is 1. The van der Waals surface area contributed by atoms with Crippen molar-refractivity contribution in [2.45, 2.75) is 71.7 Å². The summed E-state index contributed by atoms with van der Waals surface area (Å²) in [6.45, 7) is 9.71. The van der Waals surface area contributed by atoms with E-state index in [9.17, 15) is 24.3 Å². The van der Waals surface area contributed by atoms with Crippen LogP contribution in [-0.2, 0) is 23.9 Å². The summed E-state index contributed by atoms with van der Waals surface area (Å²) in [5.41, 5.74) is 1.56. The fourth-order valence-electron chi connectivity index (χ4n) is 3.87. The molecule has 194 valence electrons. The first-order valence-corrected chi connectivity index (χ1v) is 11.6. The molecule has 2 rings (SSSR count). The summed E-state index contributed by atoms with van der Waals surface area (Å²) in [4.78, 5) is 52.5. The molecule has 0 radical (unpaired) electrons. The highest BCUT2D eigenvalue weighted by Crippen LogP contribution is 2.41. The molecule has 0 saturated heterocycles. The van der Waals surface area contributed by atoms with Gasteiger partial charge in [0.15, 0.2) is 0 Å². The Hall–Kier alpha value is -3.14. The first kappa shape index (κ1) is 28.1. The zero-order valence-electron chi connectivity index (χ0n) is 21.5. The van der Waals surface area contributed by atoms with Crippen molar-refractivity contribution in [1.29, 1.82) is 0 Å². The van der Waals surface area contributed by atoms with Crippen molar-refractivity contribution in [3.63, 3.8) is 0 Å². The van der Waals surface area contributed by atoms with Crippen LogP contribution in [0.5, 0.6) is 0 Å². The topological polar surface area (TPSA) is 134 Å². The molecule has 10 nitrogen and oxygen atoms in total. The van der Waals surface area contributed by atoms with Crippen molar-refractivity contribution in [2.75, 3.05) is 20.3 Å². The number of nitrogens with zero attached hydrogens (tertiary/aromatic N) is 1. The maximum atomic E-state index is 13.7. The van der Waals surface area contributed by atoms with E-state index in [2.05, 4.69) is 15.4 Å². The summed E-state index contributed by atoms with van der Waals surface area (Å²) in [5.74, 6) is -1.70. The van der Waals surface area contributed by atoms with Crippen LogP contribution < -0.4 is 10.6 Å². The zero-order chi connectivity index (χ0) is 26.5. The molecule has 1 saturated carbocycles. The maximum Gasteiger partial charge on any atom is 0.408 e. The molecule has 1 fully saturated rings. The molecule has 4 unspecified atom stereocenters. The highest BCUT2D eigenvalue weighted by atomic mass is 16.6. The Morgan fingerprint density at radius 1 is 1.20 bits per heavy atom. The minimum atomic E-state index is -1.32. The molecular formula is C25H37N3O7. The number of nitrogens with one attached hydrogen (secondary N) is 2. The van der Waals surface area contributed by atoms with Crippen LogP contribution in [-0.4, -0.2) is 71.8 Å². The molecule has 35 heavy (non-hydrogen) atoms. The van der Waals surface area contributed by atoms with Crippen LogP contribution in [0.3, 0.4) is 0 Å². The summed E-state index contributed by atoms with van der Waals surface area (Å²) in [6, 6.07) is 2.82. The molecule has 0 spiro atoms. The van der Waals surface area contributed by atoms with Crippen LogP contribution in [0, 0.1) is 19.8 Å². The second-order valence-electron chi connectivity index (χ2n) is 9.96. The molecule has 1 aromatic rings. The van der Waals surface area contributed by atoms with Gasteiger partial charge < -0.3 is 30.1 Å². The molecule has 4 atom stereocenters.